The number of carbonyl (C=O) groups excluding carboxylic acids is 1. The van der Waals surface area contributed by atoms with Gasteiger partial charge in [0.25, 0.3) is 11.6 Å². The Morgan fingerprint density at radius 3 is 2.45 bits per heavy atom. The minimum atomic E-state index is -0.492. The predicted octanol–water partition coefficient (Wildman–Crippen LogP) is 4.89. The Morgan fingerprint density at radius 2 is 1.76 bits per heavy atom. The van der Waals surface area contributed by atoms with E-state index in [2.05, 4.69) is 10.3 Å². The molecule has 7 nitrogen and oxygen atoms in total. The quantitative estimate of drug-likeness (QED) is 0.364. The number of anilines is 1. The van der Waals surface area contributed by atoms with Crippen LogP contribution in [0.4, 0.5) is 11.4 Å². The molecule has 0 spiro atoms. The van der Waals surface area contributed by atoms with Gasteiger partial charge in [0.15, 0.2) is 6.61 Å². The number of para-hydroxylation sites is 1. The lowest BCUT2D eigenvalue weighted by Crippen LogP contribution is -2.20. The Balaban J connectivity index is 1.35. The van der Waals surface area contributed by atoms with E-state index in [1.165, 1.54) is 24.3 Å². The van der Waals surface area contributed by atoms with Crippen LogP contribution in [0.15, 0.2) is 72.8 Å². The topological polar surface area (TPSA) is 94.4 Å². The average Bonchev–Trinajstić information content (AvgIpc) is 3.17. The molecule has 0 aliphatic rings. The minimum absolute atomic E-state index is 0.0324. The third kappa shape index (κ3) is 4.39. The summed E-state index contributed by atoms with van der Waals surface area (Å²) in [6, 6.07) is 21.0. The Bertz CT molecular complexity index is 1140. The molecule has 3 aromatic carbocycles. The van der Waals surface area contributed by atoms with Gasteiger partial charge in [0.05, 0.1) is 15.1 Å². The first-order valence-corrected chi connectivity index (χ1v) is 9.53. The number of nitro groups is 1. The van der Waals surface area contributed by atoms with Crippen LogP contribution in [-0.4, -0.2) is 22.4 Å². The molecule has 0 saturated heterocycles. The molecule has 1 amide bonds. The molecule has 0 unspecified atom stereocenters. The number of aromatic nitrogens is 1. The van der Waals surface area contributed by atoms with Crippen molar-refractivity contribution in [2.75, 3.05) is 11.9 Å². The van der Waals surface area contributed by atoms with Crippen LogP contribution in [-0.2, 0) is 4.79 Å². The van der Waals surface area contributed by atoms with Gasteiger partial charge in [-0.3, -0.25) is 14.9 Å². The molecule has 29 heavy (non-hydrogen) atoms. The zero-order valence-corrected chi connectivity index (χ0v) is 15.9. The van der Waals surface area contributed by atoms with Crippen LogP contribution in [0, 0.1) is 10.1 Å². The van der Waals surface area contributed by atoms with Gasteiger partial charge < -0.3 is 10.1 Å². The van der Waals surface area contributed by atoms with Gasteiger partial charge in [0.2, 0.25) is 0 Å². The van der Waals surface area contributed by atoms with E-state index >= 15 is 0 Å². The predicted molar refractivity (Wildman–Crippen MR) is 112 cm³/mol. The zero-order valence-electron chi connectivity index (χ0n) is 15.1. The number of amides is 1. The van der Waals surface area contributed by atoms with E-state index in [9.17, 15) is 14.9 Å². The first-order valence-electron chi connectivity index (χ1n) is 8.71. The fourth-order valence-electron chi connectivity index (χ4n) is 2.70. The lowest BCUT2D eigenvalue weighted by molar-refractivity contribution is -0.384. The number of carbonyl (C=O) groups is 1. The fourth-order valence-corrected chi connectivity index (χ4v) is 3.67. The normalized spacial score (nSPS) is 10.6. The number of benzene rings is 3. The van der Waals surface area contributed by atoms with Crippen LogP contribution < -0.4 is 10.1 Å². The fraction of sp³-hybridized carbons (Fsp3) is 0.0476. The van der Waals surface area contributed by atoms with E-state index in [0.717, 1.165) is 20.8 Å². The number of hydrogen-bond acceptors (Lipinski definition) is 6. The molecule has 0 aliphatic heterocycles. The van der Waals surface area contributed by atoms with Crippen LogP contribution in [0.2, 0.25) is 0 Å². The summed E-state index contributed by atoms with van der Waals surface area (Å²) in [6.07, 6.45) is 0. The molecule has 1 heterocycles. The van der Waals surface area contributed by atoms with Crippen LogP contribution in [0.1, 0.15) is 0 Å². The third-order valence-corrected chi connectivity index (χ3v) is 5.21. The monoisotopic (exact) mass is 405 g/mol. The summed E-state index contributed by atoms with van der Waals surface area (Å²) in [5, 5.41) is 14.3. The summed E-state index contributed by atoms with van der Waals surface area (Å²) in [6.45, 7) is -0.197. The molecule has 0 saturated carbocycles. The van der Waals surface area contributed by atoms with Crippen molar-refractivity contribution >= 4 is 38.8 Å². The van der Waals surface area contributed by atoms with E-state index in [0.29, 0.717) is 11.4 Å². The number of ether oxygens (including phenoxy) is 1. The van der Waals surface area contributed by atoms with Crippen molar-refractivity contribution in [1.82, 2.24) is 4.98 Å². The Morgan fingerprint density at radius 1 is 1.03 bits per heavy atom. The van der Waals surface area contributed by atoms with E-state index in [-0.39, 0.29) is 18.2 Å². The molecule has 4 rings (SSSR count). The van der Waals surface area contributed by atoms with Gasteiger partial charge in [0, 0.05) is 23.4 Å². The molecular weight excluding hydrogens is 390 g/mol. The molecule has 1 aromatic heterocycles. The summed E-state index contributed by atoms with van der Waals surface area (Å²) in [7, 11) is 0. The molecule has 0 aliphatic carbocycles. The average molecular weight is 405 g/mol. The highest BCUT2D eigenvalue weighted by Crippen LogP contribution is 2.30. The molecule has 0 atom stereocenters. The number of nitrogens with zero attached hydrogens (tertiary/aromatic N) is 2. The second kappa shape index (κ2) is 8.07. The largest absolute Gasteiger partial charge is 0.484 e. The number of thiazole rings is 1. The lowest BCUT2D eigenvalue weighted by atomic mass is 10.2. The maximum absolute atomic E-state index is 12.1. The second-order valence-electron chi connectivity index (χ2n) is 6.15. The number of hydrogen-bond donors (Lipinski definition) is 1. The van der Waals surface area contributed by atoms with Gasteiger partial charge >= 0.3 is 0 Å². The highest BCUT2D eigenvalue weighted by molar-refractivity contribution is 7.21. The lowest BCUT2D eigenvalue weighted by Gasteiger charge is -2.08. The number of nitro benzene ring substituents is 1. The number of non-ortho nitro benzene ring substituents is 1. The number of rotatable bonds is 6. The highest BCUT2D eigenvalue weighted by atomic mass is 32.1. The standard InChI is InChI=1S/C21H15N3O4S/c25-20(13-28-17-11-9-16(10-12-17)24(26)27)22-15-7-5-14(6-8-15)21-23-18-3-1-2-4-19(18)29-21/h1-12H,13H2,(H,22,25). The van der Waals surface area contributed by atoms with Gasteiger partial charge in [0.1, 0.15) is 10.8 Å². The third-order valence-electron chi connectivity index (χ3n) is 4.13. The molecule has 4 aromatic rings. The van der Waals surface area contributed by atoms with Crippen molar-refractivity contribution in [1.29, 1.82) is 0 Å². The first kappa shape index (κ1) is 18.6. The minimum Gasteiger partial charge on any atom is -0.484 e. The SMILES string of the molecule is O=C(COc1ccc([N+](=O)[O-])cc1)Nc1ccc(-c2nc3ccccc3s2)cc1. The van der Waals surface area contributed by atoms with Gasteiger partial charge in [-0.25, -0.2) is 4.98 Å². The number of nitrogens with one attached hydrogen (secondary N) is 1. The first-order chi connectivity index (χ1) is 14.1. The summed E-state index contributed by atoms with van der Waals surface area (Å²) in [5.74, 6) is 0.0630. The maximum Gasteiger partial charge on any atom is 0.269 e. The van der Waals surface area contributed by atoms with Crippen molar-refractivity contribution in [3.63, 3.8) is 0 Å². The van der Waals surface area contributed by atoms with Crippen LogP contribution in [0.3, 0.4) is 0 Å². The Hall–Kier alpha value is -3.78. The highest BCUT2D eigenvalue weighted by Gasteiger charge is 2.09. The van der Waals surface area contributed by atoms with E-state index in [4.69, 9.17) is 4.74 Å². The van der Waals surface area contributed by atoms with Gasteiger partial charge in [-0.1, -0.05) is 12.1 Å². The van der Waals surface area contributed by atoms with E-state index in [1.54, 1.807) is 11.3 Å². The molecule has 8 heteroatoms. The van der Waals surface area contributed by atoms with E-state index in [1.807, 2.05) is 48.5 Å². The smallest absolute Gasteiger partial charge is 0.269 e. The van der Waals surface area contributed by atoms with Crippen LogP contribution in [0.25, 0.3) is 20.8 Å². The van der Waals surface area contributed by atoms with Crippen molar-refractivity contribution in [2.45, 2.75) is 0 Å². The summed E-state index contributed by atoms with van der Waals surface area (Å²) >= 11 is 1.62. The van der Waals surface area contributed by atoms with Gasteiger partial charge in [-0.2, -0.15) is 0 Å². The second-order valence-corrected chi connectivity index (χ2v) is 7.18. The molecule has 1 N–H and O–H groups in total. The van der Waals surface area contributed by atoms with Crippen molar-refractivity contribution < 1.29 is 14.5 Å². The summed E-state index contributed by atoms with van der Waals surface area (Å²) < 4.78 is 6.49. The maximum atomic E-state index is 12.1. The van der Waals surface area contributed by atoms with Crippen LogP contribution in [0.5, 0.6) is 5.75 Å². The van der Waals surface area contributed by atoms with Crippen LogP contribution >= 0.6 is 11.3 Å². The molecule has 144 valence electrons. The van der Waals surface area contributed by atoms with Gasteiger partial charge in [-0.15, -0.1) is 11.3 Å². The van der Waals surface area contributed by atoms with Gasteiger partial charge in [-0.05, 0) is 48.5 Å². The van der Waals surface area contributed by atoms with Crippen molar-refractivity contribution in [3.8, 4) is 16.3 Å². The zero-order chi connectivity index (χ0) is 20.2. The summed E-state index contributed by atoms with van der Waals surface area (Å²) in [4.78, 5) is 26.8. The molecule has 0 bridgehead atoms. The van der Waals surface area contributed by atoms with Crippen molar-refractivity contribution in [3.05, 3.63) is 82.9 Å². The molecular formula is C21H15N3O4S. The van der Waals surface area contributed by atoms with E-state index < -0.39 is 4.92 Å². The Kier molecular flexibility index (Phi) is 5.17. The van der Waals surface area contributed by atoms with Crippen molar-refractivity contribution in [2.24, 2.45) is 0 Å². The summed E-state index contributed by atoms with van der Waals surface area (Å²) in [5.41, 5.74) is 2.56. The number of fused-ring (bicyclic) bond motifs is 1. The molecule has 0 fully saturated rings. The Labute approximate surface area is 169 Å². The molecule has 0 radical (unpaired) electrons.